The summed E-state index contributed by atoms with van der Waals surface area (Å²) in [4.78, 5) is 5.05. The van der Waals surface area contributed by atoms with Crippen molar-refractivity contribution in [2.45, 2.75) is 44.6 Å². The van der Waals surface area contributed by atoms with Gasteiger partial charge in [-0.05, 0) is 61.1 Å². The zero-order chi connectivity index (χ0) is 26.1. The molecule has 3 aliphatic heterocycles. The summed E-state index contributed by atoms with van der Waals surface area (Å²) in [6.45, 7) is 16.6. The van der Waals surface area contributed by atoms with Gasteiger partial charge in [-0.15, -0.1) is 0 Å². The number of benzene rings is 1. The van der Waals surface area contributed by atoms with E-state index in [0.29, 0.717) is 29.2 Å². The molecule has 2 fully saturated rings. The smallest absolute Gasteiger partial charge is 0.243 e. The van der Waals surface area contributed by atoms with Crippen LogP contribution in [0.4, 0.5) is 0 Å². The van der Waals surface area contributed by atoms with Gasteiger partial charge in [0.05, 0.1) is 18.1 Å². The Bertz CT molecular complexity index is 1130. The molecule has 1 aromatic rings. The minimum atomic E-state index is -3.78. The van der Waals surface area contributed by atoms with Gasteiger partial charge < -0.3 is 9.64 Å². The Kier molecular flexibility index (Phi) is 8.59. The van der Waals surface area contributed by atoms with Crippen molar-refractivity contribution >= 4 is 33.2 Å². The van der Waals surface area contributed by atoms with E-state index in [-0.39, 0.29) is 10.3 Å². The third-order valence-electron chi connectivity index (χ3n) is 7.81. The number of hydrogen-bond donors (Lipinski definition) is 0. The Morgan fingerprint density at radius 2 is 1.69 bits per heavy atom. The second-order valence-electron chi connectivity index (χ2n) is 10.6. The van der Waals surface area contributed by atoms with E-state index in [0.717, 1.165) is 63.5 Å². The topological polar surface area (TPSA) is 53.1 Å². The minimum absolute atomic E-state index is 0.118. The van der Waals surface area contributed by atoms with Crippen LogP contribution in [0.5, 0.6) is 0 Å². The number of piperidine rings is 1. The predicted molar refractivity (Wildman–Crippen MR) is 147 cm³/mol. The molecular weight excluding hydrogens is 517 g/mol. The van der Waals surface area contributed by atoms with Gasteiger partial charge >= 0.3 is 0 Å². The van der Waals surface area contributed by atoms with Crippen molar-refractivity contribution in [3.8, 4) is 0 Å². The number of ether oxygens (including phenoxy) is 1. The molecule has 0 radical (unpaired) electrons. The van der Waals surface area contributed by atoms with Crippen LogP contribution in [0.2, 0.25) is 10.0 Å². The van der Waals surface area contributed by atoms with E-state index in [1.165, 1.54) is 17.7 Å². The number of hydrogen-bond acceptors (Lipinski definition) is 5. The van der Waals surface area contributed by atoms with Crippen molar-refractivity contribution in [2.24, 2.45) is 5.41 Å². The van der Waals surface area contributed by atoms with Gasteiger partial charge in [-0.25, -0.2) is 8.42 Å². The fourth-order valence-corrected chi connectivity index (χ4v) is 7.71. The van der Waals surface area contributed by atoms with Crippen LogP contribution < -0.4 is 0 Å². The van der Waals surface area contributed by atoms with Gasteiger partial charge in [-0.1, -0.05) is 49.2 Å². The van der Waals surface area contributed by atoms with E-state index in [4.69, 9.17) is 27.9 Å². The van der Waals surface area contributed by atoms with Crippen LogP contribution in [0.15, 0.2) is 58.7 Å². The zero-order valence-corrected chi connectivity index (χ0v) is 23.8. The van der Waals surface area contributed by atoms with Gasteiger partial charge in [0, 0.05) is 61.1 Å². The van der Waals surface area contributed by atoms with Gasteiger partial charge in [0.1, 0.15) is 0 Å². The molecule has 9 heteroatoms. The molecule has 0 aromatic heterocycles. The number of rotatable bonds is 6. The first-order valence-corrected chi connectivity index (χ1v) is 14.8. The summed E-state index contributed by atoms with van der Waals surface area (Å²) in [5, 5.41) is 0.609. The summed E-state index contributed by atoms with van der Waals surface area (Å²) in [6, 6.07) is 5.06. The average Bonchev–Trinajstić information content (AvgIpc) is 2.85. The zero-order valence-electron chi connectivity index (χ0n) is 21.5. The molecule has 0 aliphatic carbocycles. The lowest BCUT2D eigenvalue weighted by molar-refractivity contribution is 0.00367. The van der Waals surface area contributed by atoms with Crippen molar-refractivity contribution in [3.63, 3.8) is 0 Å². The van der Waals surface area contributed by atoms with Gasteiger partial charge in [-0.3, -0.25) is 4.90 Å². The van der Waals surface area contributed by atoms with Crippen molar-refractivity contribution in [2.75, 3.05) is 52.5 Å². The van der Waals surface area contributed by atoms with Gasteiger partial charge in [0.2, 0.25) is 10.0 Å². The fraction of sp³-hybridized carbons (Fsp3) is 0.556. The number of allylic oxidation sites excluding steroid dienone is 1. The number of morpholine rings is 1. The Morgan fingerprint density at radius 1 is 1.08 bits per heavy atom. The standard InChI is InChI=1S/C27H37Cl2N3O3S/c1-5-24(30-8-6-25(7-9-30)31-10-12-35-13-11-31)14-21-18-32(19-27(3,4)20(21)2)36(33,34)26-16-22(28)15-23(29)17-26/h5,14-17,25H,1,6-13,18-19H2,2-4H3/b24-14+. The highest BCUT2D eigenvalue weighted by Gasteiger charge is 2.37. The van der Waals surface area contributed by atoms with Crippen LogP contribution in [-0.2, 0) is 14.8 Å². The summed E-state index contributed by atoms with van der Waals surface area (Å²) in [6.07, 6.45) is 6.23. The predicted octanol–water partition coefficient (Wildman–Crippen LogP) is 5.21. The summed E-state index contributed by atoms with van der Waals surface area (Å²) in [7, 11) is -3.78. The minimum Gasteiger partial charge on any atom is -0.379 e. The second kappa shape index (κ2) is 11.2. The normalized spacial score (nSPS) is 23.2. The van der Waals surface area contributed by atoms with Crippen LogP contribution in [0.25, 0.3) is 0 Å². The third kappa shape index (κ3) is 6.03. The first-order chi connectivity index (χ1) is 17.0. The maximum absolute atomic E-state index is 13.6. The first-order valence-electron chi connectivity index (χ1n) is 12.6. The number of sulfonamides is 1. The Hall–Kier alpha value is -1.35. The maximum atomic E-state index is 13.6. The van der Waals surface area contributed by atoms with Crippen molar-refractivity contribution < 1.29 is 13.2 Å². The molecule has 2 saturated heterocycles. The van der Waals surface area contributed by atoms with Gasteiger partial charge in [-0.2, -0.15) is 4.31 Å². The summed E-state index contributed by atoms with van der Waals surface area (Å²) in [5.41, 5.74) is 2.93. The SMILES string of the molecule is C=C/C(=C\C1=C(C)C(C)(C)CN(S(=O)(=O)c2cc(Cl)cc(Cl)c2)C1)N1CCC(N2CCOCC2)CC1. The third-order valence-corrected chi connectivity index (χ3v) is 10.0. The van der Waals surface area contributed by atoms with E-state index in [2.05, 4.69) is 43.2 Å². The van der Waals surface area contributed by atoms with Crippen molar-refractivity contribution in [1.82, 2.24) is 14.1 Å². The van der Waals surface area contributed by atoms with Crippen LogP contribution in [-0.4, -0.2) is 81.0 Å². The molecule has 0 spiro atoms. The molecule has 1 aromatic carbocycles. The number of halogens is 2. The van der Waals surface area contributed by atoms with Crippen LogP contribution in [0.1, 0.15) is 33.6 Å². The summed E-state index contributed by atoms with van der Waals surface area (Å²) < 4.78 is 34.2. The molecule has 3 heterocycles. The molecule has 3 aliphatic rings. The Morgan fingerprint density at radius 3 is 2.28 bits per heavy atom. The highest BCUT2D eigenvalue weighted by Crippen LogP contribution is 2.38. The molecular formula is C27H37Cl2N3O3S. The van der Waals surface area contributed by atoms with Crippen LogP contribution in [0, 0.1) is 5.41 Å². The molecule has 0 saturated carbocycles. The molecule has 0 atom stereocenters. The lowest BCUT2D eigenvalue weighted by Crippen LogP contribution is -2.48. The fourth-order valence-electron chi connectivity index (χ4n) is 5.40. The van der Waals surface area contributed by atoms with Crippen molar-refractivity contribution in [3.05, 3.63) is 63.8 Å². The summed E-state index contributed by atoms with van der Waals surface area (Å²) >= 11 is 12.2. The van der Waals surface area contributed by atoms with E-state index < -0.39 is 10.0 Å². The molecule has 4 rings (SSSR count). The maximum Gasteiger partial charge on any atom is 0.243 e. The first kappa shape index (κ1) is 27.7. The van der Waals surface area contributed by atoms with Crippen LogP contribution in [0.3, 0.4) is 0 Å². The molecule has 0 bridgehead atoms. The molecule has 0 amide bonds. The average molecular weight is 555 g/mol. The molecule has 0 unspecified atom stereocenters. The van der Waals surface area contributed by atoms with Crippen LogP contribution >= 0.6 is 23.2 Å². The van der Waals surface area contributed by atoms with Gasteiger partial charge in [0.25, 0.3) is 0 Å². The van der Waals surface area contributed by atoms with E-state index in [1.54, 1.807) is 10.4 Å². The Labute approximate surface area is 226 Å². The largest absolute Gasteiger partial charge is 0.379 e. The monoisotopic (exact) mass is 553 g/mol. The number of likely N-dealkylation sites (tertiary alicyclic amines) is 1. The second-order valence-corrected chi connectivity index (χ2v) is 13.4. The van der Waals surface area contributed by atoms with Crippen molar-refractivity contribution in [1.29, 1.82) is 0 Å². The van der Waals surface area contributed by atoms with E-state index in [9.17, 15) is 8.42 Å². The quantitative estimate of drug-likeness (QED) is 0.453. The van der Waals surface area contributed by atoms with E-state index >= 15 is 0 Å². The molecule has 198 valence electrons. The highest BCUT2D eigenvalue weighted by atomic mass is 35.5. The molecule has 0 N–H and O–H groups in total. The molecule has 36 heavy (non-hydrogen) atoms. The lowest BCUT2D eigenvalue weighted by Gasteiger charge is -2.42. The number of nitrogens with zero attached hydrogens (tertiary/aromatic N) is 3. The van der Waals surface area contributed by atoms with E-state index in [1.807, 2.05) is 6.08 Å². The highest BCUT2D eigenvalue weighted by molar-refractivity contribution is 7.89. The summed E-state index contributed by atoms with van der Waals surface area (Å²) in [5.74, 6) is 0. The lowest BCUT2D eigenvalue weighted by atomic mass is 9.79. The Balaban J connectivity index is 1.55. The molecule has 6 nitrogen and oxygen atoms in total. The van der Waals surface area contributed by atoms with Gasteiger partial charge in [0.15, 0.2) is 0 Å².